The Morgan fingerprint density at radius 1 is 1.19 bits per heavy atom. The molecule has 7 heteroatoms. The molecule has 26 heavy (non-hydrogen) atoms. The summed E-state index contributed by atoms with van der Waals surface area (Å²) in [5, 5.41) is 11.9. The molecule has 0 spiro atoms. The van der Waals surface area contributed by atoms with E-state index in [4.69, 9.17) is 9.84 Å². The van der Waals surface area contributed by atoms with E-state index in [0.717, 1.165) is 5.56 Å². The van der Waals surface area contributed by atoms with Crippen LogP contribution in [0.15, 0.2) is 48.5 Å². The summed E-state index contributed by atoms with van der Waals surface area (Å²) in [7, 11) is 0. The minimum absolute atomic E-state index is 0.0180. The Bertz CT molecular complexity index is 850. The highest BCUT2D eigenvalue weighted by Crippen LogP contribution is 2.34. The van der Waals surface area contributed by atoms with Gasteiger partial charge in [0.1, 0.15) is 12.3 Å². The fraction of sp³-hybridized carbons (Fsp3) is 0.211. The summed E-state index contributed by atoms with van der Waals surface area (Å²) in [6.07, 6.45) is -0.750. The van der Waals surface area contributed by atoms with Crippen LogP contribution < -0.4 is 15.0 Å². The standard InChI is InChI=1S/C19H18N2O5/c1-12-18(23)21(11-17(22)20-10-13-5-3-2-4-6-13)15-9-14(19(24)25)7-8-16(15)26-12/h2-9,12H,10-11H2,1H3,(H,20,22)(H,24,25). The van der Waals surface area contributed by atoms with Crippen LogP contribution in [0.25, 0.3) is 0 Å². The van der Waals surface area contributed by atoms with Gasteiger partial charge in [0, 0.05) is 6.54 Å². The number of anilines is 1. The van der Waals surface area contributed by atoms with Gasteiger partial charge in [0.25, 0.3) is 5.91 Å². The van der Waals surface area contributed by atoms with E-state index in [9.17, 15) is 14.4 Å². The maximum atomic E-state index is 12.5. The highest BCUT2D eigenvalue weighted by molar-refractivity contribution is 6.04. The van der Waals surface area contributed by atoms with Crippen LogP contribution in [-0.4, -0.2) is 35.5 Å². The number of ether oxygens (including phenoxy) is 1. The first-order chi connectivity index (χ1) is 12.5. The molecule has 0 bridgehead atoms. The van der Waals surface area contributed by atoms with E-state index in [1.54, 1.807) is 6.92 Å². The molecule has 0 fully saturated rings. The molecule has 2 amide bonds. The summed E-state index contributed by atoms with van der Waals surface area (Å²) in [5.74, 6) is -1.48. The molecule has 2 N–H and O–H groups in total. The van der Waals surface area contributed by atoms with E-state index < -0.39 is 18.0 Å². The number of nitrogens with one attached hydrogen (secondary N) is 1. The third-order valence-corrected chi connectivity index (χ3v) is 4.05. The zero-order chi connectivity index (χ0) is 18.7. The largest absolute Gasteiger partial charge is 0.479 e. The van der Waals surface area contributed by atoms with Gasteiger partial charge in [-0.1, -0.05) is 30.3 Å². The zero-order valence-electron chi connectivity index (χ0n) is 14.1. The molecule has 1 heterocycles. The van der Waals surface area contributed by atoms with E-state index in [1.807, 2.05) is 30.3 Å². The fourth-order valence-corrected chi connectivity index (χ4v) is 2.70. The van der Waals surface area contributed by atoms with Crippen LogP contribution in [0.4, 0.5) is 5.69 Å². The number of benzene rings is 2. The number of nitrogens with zero attached hydrogens (tertiary/aromatic N) is 1. The third kappa shape index (κ3) is 3.66. The number of carbonyl (C=O) groups is 3. The Hall–Kier alpha value is -3.35. The number of fused-ring (bicyclic) bond motifs is 1. The van der Waals surface area contributed by atoms with Gasteiger partial charge in [-0.25, -0.2) is 4.79 Å². The van der Waals surface area contributed by atoms with E-state index in [-0.39, 0.29) is 23.7 Å². The summed E-state index contributed by atoms with van der Waals surface area (Å²) < 4.78 is 5.50. The van der Waals surface area contributed by atoms with Crippen molar-refractivity contribution in [3.63, 3.8) is 0 Å². The molecule has 3 rings (SSSR count). The Balaban J connectivity index is 1.77. The molecule has 2 aromatic carbocycles. The first-order valence-electron chi connectivity index (χ1n) is 8.11. The number of aromatic carboxylic acids is 1. The Morgan fingerprint density at radius 3 is 2.62 bits per heavy atom. The summed E-state index contributed by atoms with van der Waals surface area (Å²) in [4.78, 5) is 37.2. The monoisotopic (exact) mass is 354 g/mol. The second-order valence-electron chi connectivity index (χ2n) is 5.93. The minimum atomic E-state index is -1.12. The maximum absolute atomic E-state index is 12.5. The van der Waals surface area contributed by atoms with Gasteiger partial charge in [0.15, 0.2) is 6.10 Å². The molecule has 134 valence electrons. The van der Waals surface area contributed by atoms with Gasteiger partial charge in [-0.15, -0.1) is 0 Å². The average Bonchev–Trinajstić information content (AvgIpc) is 2.64. The lowest BCUT2D eigenvalue weighted by Gasteiger charge is -2.32. The lowest BCUT2D eigenvalue weighted by atomic mass is 10.1. The second kappa shape index (κ2) is 7.26. The van der Waals surface area contributed by atoms with Crippen molar-refractivity contribution in [1.29, 1.82) is 0 Å². The molecular weight excluding hydrogens is 336 g/mol. The van der Waals surface area contributed by atoms with Crippen molar-refractivity contribution < 1.29 is 24.2 Å². The minimum Gasteiger partial charge on any atom is -0.479 e. The number of carbonyl (C=O) groups excluding carboxylic acids is 2. The number of hydrogen-bond acceptors (Lipinski definition) is 4. The quantitative estimate of drug-likeness (QED) is 0.854. The highest BCUT2D eigenvalue weighted by atomic mass is 16.5. The van der Waals surface area contributed by atoms with E-state index in [0.29, 0.717) is 12.3 Å². The van der Waals surface area contributed by atoms with Gasteiger partial charge in [-0.05, 0) is 30.7 Å². The number of amides is 2. The average molecular weight is 354 g/mol. The maximum Gasteiger partial charge on any atom is 0.335 e. The van der Waals surface area contributed by atoms with Gasteiger partial charge in [0.2, 0.25) is 5.91 Å². The van der Waals surface area contributed by atoms with Crippen molar-refractivity contribution in [3.8, 4) is 5.75 Å². The summed E-state index contributed by atoms with van der Waals surface area (Å²) in [6.45, 7) is 1.72. The predicted molar refractivity (Wildman–Crippen MR) is 94.1 cm³/mol. The summed E-state index contributed by atoms with van der Waals surface area (Å²) in [5.41, 5.74) is 1.24. The summed E-state index contributed by atoms with van der Waals surface area (Å²) >= 11 is 0. The molecule has 0 aliphatic carbocycles. The summed E-state index contributed by atoms with van der Waals surface area (Å²) in [6, 6.07) is 13.6. The fourth-order valence-electron chi connectivity index (χ4n) is 2.70. The van der Waals surface area contributed by atoms with E-state index in [2.05, 4.69) is 5.32 Å². The van der Waals surface area contributed by atoms with Crippen LogP contribution in [0.1, 0.15) is 22.8 Å². The van der Waals surface area contributed by atoms with Crippen molar-refractivity contribution in [2.45, 2.75) is 19.6 Å². The van der Waals surface area contributed by atoms with Crippen LogP contribution in [0.2, 0.25) is 0 Å². The molecule has 0 radical (unpaired) electrons. The molecule has 1 aliphatic heterocycles. The molecule has 0 aromatic heterocycles. The van der Waals surface area contributed by atoms with Gasteiger partial charge in [-0.2, -0.15) is 0 Å². The van der Waals surface area contributed by atoms with Crippen LogP contribution in [0.5, 0.6) is 5.75 Å². The number of carboxylic acid groups (broad SMARTS) is 1. The highest BCUT2D eigenvalue weighted by Gasteiger charge is 2.33. The molecule has 2 aromatic rings. The van der Waals surface area contributed by atoms with Gasteiger partial charge in [0.05, 0.1) is 11.3 Å². The lowest BCUT2D eigenvalue weighted by Crippen LogP contribution is -2.48. The normalized spacial score (nSPS) is 15.8. The smallest absolute Gasteiger partial charge is 0.335 e. The molecular formula is C19H18N2O5. The first-order valence-corrected chi connectivity index (χ1v) is 8.11. The Labute approximate surface area is 150 Å². The van der Waals surface area contributed by atoms with Gasteiger partial charge in [-0.3, -0.25) is 14.5 Å². The molecule has 7 nitrogen and oxygen atoms in total. The van der Waals surface area contributed by atoms with Gasteiger partial charge >= 0.3 is 5.97 Å². The Kier molecular flexibility index (Phi) is 4.88. The third-order valence-electron chi connectivity index (χ3n) is 4.05. The van der Waals surface area contributed by atoms with E-state index >= 15 is 0 Å². The number of carboxylic acids is 1. The van der Waals surface area contributed by atoms with Crippen molar-refractivity contribution in [1.82, 2.24) is 5.32 Å². The molecule has 1 atom stereocenters. The van der Waals surface area contributed by atoms with Gasteiger partial charge < -0.3 is 15.2 Å². The zero-order valence-corrected chi connectivity index (χ0v) is 14.1. The molecule has 1 unspecified atom stereocenters. The lowest BCUT2D eigenvalue weighted by molar-refractivity contribution is -0.128. The Morgan fingerprint density at radius 2 is 1.92 bits per heavy atom. The first kappa shape index (κ1) is 17.5. The van der Waals surface area contributed by atoms with Crippen LogP contribution in [0, 0.1) is 0 Å². The van der Waals surface area contributed by atoms with Crippen molar-refractivity contribution >= 4 is 23.5 Å². The number of rotatable bonds is 5. The SMILES string of the molecule is CC1Oc2ccc(C(=O)O)cc2N(CC(=O)NCc2ccccc2)C1=O. The van der Waals surface area contributed by atoms with Crippen molar-refractivity contribution in [2.24, 2.45) is 0 Å². The molecule has 0 saturated heterocycles. The second-order valence-corrected chi connectivity index (χ2v) is 5.93. The predicted octanol–water partition coefficient (Wildman–Crippen LogP) is 1.82. The number of hydrogen-bond donors (Lipinski definition) is 2. The van der Waals surface area contributed by atoms with Crippen LogP contribution in [0.3, 0.4) is 0 Å². The van der Waals surface area contributed by atoms with E-state index in [1.165, 1.54) is 23.1 Å². The van der Waals surface area contributed by atoms with Crippen molar-refractivity contribution in [2.75, 3.05) is 11.4 Å². The molecule has 1 aliphatic rings. The van der Waals surface area contributed by atoms with Crippen molar-refractivity contribution in [3.05, 3.63) is 59.7 Å². The van der Waals surface area contributed by atoms with Crippen LogP contribution in [-0.2, 0) is 16.1 Å². The van der Waals surface area contributed by atoms with Crippen LogP contribution >= 0.6 is 0 Å². The molecule has 0 saturated carbocycles. The topological polar surface area (TPSA) is 95.9 Å².